The van der Waals surface area contributed by atoms with Crippen LogP contribution < -0.4 is 15.4 Å². The van der Waals surface area contributed by atoms with Crippen molar-refractivity contribution in [3.05, 3.63) is 52.2 Å². The van der Waals surface area contributed by atoms with Crippen LogP contribution in [0.25, 0.3) is 0 Å². The van der Waals surface area contributed by atoms with Crippen LogP contribution in [0, 0.1) is 0 Å². The molecule has 1 heterocycles. The van der Waals surface area contributed by atoms with Crippen LogP contribution >= 0.6 is 23.7 Å². The number of hydrogen-bond acceptors (Lipinski definition) is 5. The van der Waals surface area contributed by atoms with Gasteiger partial charge in [0.25, 0.3) is 5.91 Å². The molecule has 3 N–H and O–H groups in total. The van der Waals surface area contributed by atoms with Crippen molar-refractivity contribution < 1.29 is 13.2 Å². The topological polar surface area (TPSA) is 87.3 Å². The van der Waals surface area contributed by atoms with Crippen LogP contribution in [0.2, 0.25) is 0 Å². The molecular formula is C17H24ClN3O3S2. The Balaban J connectivity index is 0.00000338. The summed E-state index contributed by atoms with van der Waals surface area (Å²) in [5, 5.41) is 7.77. The molecule has 0 aliphatic carbocycles. The highest BCUT2D eigenvalue weighted by atomic mass is 35.5. The molecule has 2 rings (SSSR count). The summed E-state index contributed by atoms with van der Waals surface area (Å²) in [5.41, 5.74) is 0.446. The van der Waals surface area contributed by atoms with Crippen molar-refractivity contribution in [3.8, 4) is 0 Å². The first-order valence-electron chi connectivity index (χ1n) is 8.08. The third kappa shape index (κ3) is 7.05. The zero-order chi connectivity index (χ0) is 18.1. The van der Waals surface area contributed by atoms with E-state index in [1.54, 1.807) is 11.3 Å². The summed E-state index contributed by atoms with van der Waals surface area (Å²) < 4.78 is 27.1. The van der Waals surface area contributed by atoms with Gasteiger partial charge in [0.1, 0.15) is 0 Å². The maximum Gasteiger partial charge on any atom is 0.251 e. The second-order valence-electron chi connectivity index (χ2n) is 5.46. The minimum atomic E-state index is -3.57. The van der Waals surface area contributed by atoms with Crippen LogP contribution in [-0.2, 0) is 16.4 Å². The van der Waals surface area contributed by atoms with Crippen LogP contribution in [0.15, 0.2) is 46.7 Å². The van der Waals surface area contributed by atoms with Crippen molar-refractivity contribution in [1.82, 2.24) is 15.4 Å². The molecule has 0 atom stereocenters. The Morgan fingerprint density at radius 1 is 1.08 bits per heavy atom. The van der Waals surface area contributed by atoms with Gasteiger partial charge in [-0.2, -0.15) is 0 Å². The molecule has 26 heavy (non-hydrogen) atoms. The maximum absolute atomic E-state index is 12.3. The van der Waals surface area contributed by atoms with Crippen molar-refractivity contribution in [2.45, 2.75) is 17.7 Å². The largest absolute Gasteiger partial charge is 0.352 e. The lowest BCUT2D eigenvalue weighted by atomic mass is 10.2. The van der Waals surface area contributed by atoms with Crippen molar-refractivity contribution in [2.24, 2.45) is 0 Å². The Morgan fingerprint density at radius 2 is 1.81 bits per heavy atom. The summed E-state index contributed by atoms with van der Waals surface area (Å²) in [6.45, 7) is 1.75. The first kappa shape index (κ1) is 22.6. The lowest BCUT2D eigenvalue weighted by molar-refractivity contribution is 0.0953. The first-order valence-corrected chi connectivity index (χ1v) is 10.4. The van der Waals surface area contributed by atoms with Gasteiger partial charge < -0.3 is 10.6 Å². The van der Waals surface area contributed by atoms with Gasteiger partial charge in [-0.1, -0.05) is 6.07 Å². The highest BCUT2D eigenvalue weighted by molar-refractivity contribution is 7.89. The van der Waals surface area contributed by atoms with Gasteiger partial charge in [-0.3, -0.25) is 4.79 Å². The number of halogens is 1. The quantitative estimate of drug-likeness (QED) is 0.516. The van der Waals surface area contributed by atoms with E-state index in [0.717, 1.165) is 17.8 Å². The zero-order valence-electron chi connectivity index (χ0n) is 14.5. The van der Waals surface area contributed by atoms with E-state index in [4.69, 9.17) is 0 Å². The number of thiophene rings is 1. The average molecular weight is 418 g/mol. The van der Waals surface area contributed by atoms with Crippen LogP contribution in [-0.4, -0.2) is 41.0 Å². The van der Waals surface area contributed by atoms with Gasteiger partial charge in [0, 0.05) is 23.5 Å². The molecule has 0 aliphatic rings. The molecule has 0 saturated heterocycles. The van der Waals surface area contributed by atoms with E-state index in [9.17, 15) is 13.2 Å². The third-order valence-corrected chi connectivity index (χ3v) is 5.97. The molecule has 0 bridgehead atoms. The fourth-order valence-electron chi connectivity index (χ4n) is 2.20. The normalized spacial score (nSPS) is 11.0. The van der Waals surface area contributed by atoms with E-state index in [1.807, 2.05) is 24.6 Å². The Bertz CT molecular complexity index is 763. The molecule has 6 nitrogen and oxygen atoms in total. The Morgan fingerprint density at radius 3 is 2.42 bits per heavy atom. The number of hydrogen-bond donors (Lipinski definition) is 3. The molecule has 0 aliphatic heterocycles. The van der Waals surface area contributed by atoms with Gasteiger partial charge in [0.2, 0.25) is 10.0 Å². The van der Waals surface area contributed by atoms with Gasteiger partial charge in [-0.15, -0.1) is 23.7 Å². The van der Waals surface area contributed by atoms with Gasteiger partial charge >= 0.3 is 0 Å². The van der Waals surface area contributed by atoms with Gasteiger partial charge in [-0.25, -0.2) is 13.1 Å². The highest BCUT2D eigenvalue weighted by Gasteiger charge is 2.14. The fourth-order valence-corrected chi connectivity index (χ4v) is 3.94. The highest BCUT2D eigenvalue weighted by Crippen LogP contribution is 2.12. The number of benzene rings is 1. The van der Waals surface area contributed by atoms with Crippen LogP contribution in [0.1, 0.15) is 21.7 Å². The smallest absolute Gasteiger partial charge is 0.251 e. The van der Waals surface area contributed by atoms with E-state index < -0.39 is 10.0 Å². The predicted octanol–water partition coefficient (Wildman–Crippen LogP) is 2.03. The maximum atomic E-state index is 12.3. The molecule has 2 aromatic rings. The standard InChI is InChI=1S/C17H23N3O3S2.ClH/c1-18-10-3-11-19-17(21)14-5-7-16(8-6-14)25(22,23)20-12-9-15-4-2-13-24-15;/h2,4-8,13,18,20H,3,9-12H2,1H3,(H,19,21);1H. The summed E-state index contributed by atoms with van der Waals surface area (Å²) in [5.74, 6) is -0.203. The molecule has 0 unspecified atom stereocenters. The molecule has 0 fully saturated rings. The monoisotopic (exact) mass is 417 g/mol. The van der Waals surface area contributed by atoms with E-state index in [1.165, 1.54) is 24.3 Å². The molecule has 1 amide bonds. The second kappa shape index (κ2) is 11.3. The third-order valence-electron chi connectivity index (χ3n) is 3.56. The molecule has 1 aromatic heterocycles. The number of sulfonamides is 1. The molecular weight excluding hydrogens is 394 g/mol. The number of carbonyl (C=O) groups excluding carboxylic acids is 1. The van der Waals surface area contributed by atoms with E-state index >= 15 is 0 Å². The molecule has 0 spiro atoms. The van der Waals surface area contributed by atoms with Gasteiger partial charge in [0.05, 0.1) is 4.90 Å². The summed E-state index contributed by atoms with van der Waals surface area (Å²) in [4.78, 5) is 13.3. The van der Waals surface area contributed by atoms with Crippen LogP contribution in [0.5, 0.6) is 0 Å². The molecule has 9 heteroatoms. The second-order valence-corrected chi connectivity index (χ2v) is 8.26. The fraction of sp³-hybridized carbons (Fsp3) is 0.353. The minimum Gasteiger partial charge on any atom is -0.352 e. The first-order chi connectivity index (χ1) is 12.0. The van der Waals surface area contributed by atoms with Crippen molar-refractivity contribution in [3.63, 3.8) is 0 Å². The molecule has 0 radical (unpaired) electrons. The number of nitrogens with one attached hydrogen (secondary N) is 3. The zero-order valence-corrected chi connectivity index (χ0v) is 17.0. The van der Waals surface area contributed by atoms with Gasteiger partial charge in [-0.05, 0) is 62.1 Å². The lowest BCUT2D eigenvalue weighted by Gasteiger charge is -2.08. The van der Waals surface area contributed by atoms with Gasteiger partial charge in [0.15, 0.2) is 0 Å². The summed E-state index contributed by atoms with van der Waals surface area (Å²) in [6, 6.07) is 9.88. The number of rotatable bonds is 10. The lowest BCUT2D eigenvalue weighted by Crippen LogP contribution is -2.27. The minimum absolute atomic E-state index is 0. The van der Waals surface area contributed by atoms with Crippen molar-refractivity contribution in [2.75, 3.05) is 26.7 Å². The van der Waals surface area contributed by atoms with E-state index in [0.29, 0.717) is 25.1 Å². The van der Waals surface area contributed by atoms with E-state index in [2.05, 4.69) is 15.4 Å². The van der Waals surface area contributed by atoms with Crippen molar-refractivity contribution in [1.29, 1.82) is 0 Å². The Labute approximate surface area is 164 Å². The molecule has 1 aromatic carbocycles. The van der Waals surface area contributed by atoms with E-state index in [-0.39, 0.29) is 23.2 Å². The summed E-state index contributed by atoms with van der Waals surface area (Å²) in [7, 11) is -1.71. The predicted molar refractivity (Wildman–Crippen MR) is 108 cm³/mol. The molecule has 0 saturated carbocycles. The Hall–Kier alpha value is -1.45. The SMILES string of the molecule is CNCCCNC(=O)c1ccc(S(=O)(=O)NCCc2cccs2)cc1.Cl. The Kier molecular flexibility index (Phi) is 9.82. The average Bonchev–Trinajstić information content (AvgIpc) is 3.12. The summed E-state index contributed by atoms with van der Waals surface area (Å²) >= 11 is 1.60. The van der Waals surface area contributed by atoms with Crippen LogP contribution in [0.3, 0.4) is 0 Å². The van der Waals surface area contributed by atoms with Crippen LogP contribution in [0.4, 0.5) is 0 Å². The number of amides is 1. The van der Waals surface area contributed by atoms with Crippen molar-refractivity contribution >= 4 is 39.7 Å². The number of carbonyl (C=O) groups is 1. The molecule has 144 valence electrons. The summed E-state index contributed by atoms with van der Waals surface area (Å²) in [6.07, 6.45) is 1.49.